The summed E-state index contributed by atoms with van der Waals surface area (Å²) in [5.74, 6) is 0.391. The molecule has 2 aromatic rings. The molecule has 0 saturated carbocycles. The fraction of sp³-hybridized carbons (Fsp3) is 0.133. The Kier molecular flexibility index (Phi) is 2.22. The zero-order valence-corrected chi connectivity index (χ0v) is 9.57. The standard InChI is InChI=1S/C15H12O2/c1-10(16)17-14-8-4-6-12-9-11-5-2-3-7-13(11)15(12)14/h2-8H,9H2,1H3. The van der Waals surface area contributed by atoms with Gasteiger partial charge in [0.15, 0.2) is 0 Å². The Morgan fingerprint density at radius 2 is 1.82 bits per heavy atom. The Bertz CT molecular complexity index is 600. The van der Waals surface area contributed by atoms with Crippen LogP contribution in [0.4, 0.5) is 0 Å². The van der Waals surface area contributed by atoms with Gasteiger partial charge in [-0.15, -0.1) is 0 Å². The molecule has 17 heavy (non-hydrogen) atoms. The smallest absolute Gasteiger partial charge is 0.308 e. The highest BCUT2D eigenvalue weighted by Crippen LogP contribution is 2.42. The van der Waals surface area contributed by atoms with Crippen LogP contribution in [0.25, 0.3) is 11.1 Å². The number of esters is 1. The summed E-state index contributed by atoms with van der Waals surface area (Å²) in [6.45, 7) is 1.43. The van der Waals surface area contributed by atoms with Crippen LogP contribution in [0.2, 0.25) is 0 Å². The molecule has 2 nitrogen and oxygen atoms in total. The van der Waals surface area contributed by atoms with E-state index in [1.807, 2.05) is 24.3 Å². The number of hydrogen-bond donors (Lipinski definition) is 0. The summed E-state index contributed by atoms with van der Waals surface area (Å²) in [5.41, 5.74) is 4.77. The lowest BCUT2D eigenvalue weighted by Gasteiger charge is -2.08. The van der Waals surface area contributed by atoms with Crippen molar-refractivity contribution >= 4 is 5.97 Å². The third-order valence-corrected chi connectivity index (χ3v) is 3.03. The van der Waals surface area contributed by atoms with Crippen molar-refractivity contribution < 1.29 is 9.53 Å². The Morgan fingerprint density at radius 3 is 2.65 bits per heavy atom. The number of carbonyl (C=O) groups excluding carboxylic acids is 1. The molecule has 84 valence electrons. The van der Waals surface area contributed by atoms with Crippen LogP contribution in [-0.2, 0) is 11.2 Å². The SMILES string of the molecule is CC(=O)Oc1cccc2c1-c1ccccc1C2. The van der Waals surface area contributed by atoms with E-state index in [1.165, 1.54) is 23.6 Å². The maximum atomic E-state index is 11.1. The number of hydrogen-bond acceptors (Lipinski definition) is 2. The van der Waals surface area contributed by atoms with E-state index in [0.29, 0.717) is 5.75 Å². The van der Waals surface area contributed by atoms with Gasteiger partial charge in [0.05, 0.1) is 0 Å². The Balaban J connectivity index is 2.19. The third-order valence-electron chi connectivity index (χ3n) is 3.03. The van der Waals surface area contributed by atoms with E-state index in [4.69, 9.17) is 4.74 Å². The van der Waals surface area contributed by atoms with Gasteiger partial charge in [0.2, 0.25) is 0 Å². The first-order valence-electron chi connectivity index (χ1n) is 5.64. The minimum absolute atomic E-state index is 0.275. The number of rotatable bonds is 1. The molecule has 0 atom stereocenters. The number of carbonyl (C=O) groups is 1. The predicted molar refractivity (Wildman–Crippen MR) is 66.0 cm³/mol. The van der Waals surface area contributed by atoms with E-state index >= 15 is 0 Å². The maximum Gasteiger partial charge on any atom is 0.308 e. The molecule has 1 aliphatic carbocycles. The van der Waals surface area contributed by atoms with E-state index < -0.39 is 0 Å². The molecule has 0 unspecified atom stereocenters. The van der Waals surface area contributed by atoms with Crippen molar-refractivity contribution in [1.82, 2.24) is 0 Å². The Hall–Kier alpha value is -2.09. The van der Waals surface area contributed by atoms with Crippen molar-refractivity contribution in [3.63, 3.8) is 0 Å². The van der Waals surface area contributed by atoms with Gasteiger partial charge in [-0.05, 0) is 29.2 Å². The fourth-order valence-corrected chi connectivity index (χ4v) is 2.39. The highest BCUT2D eigenvalue weighted by atomic mass is 16.5. The van der Waals surface area contributed by atoms with Gasteiger partial charge in [-0.1, -0.05) is 36.4 Å². The van der Waals surface area contributed by atoms with Gasteiger partial charge in [-0.3, -0.25) is 4.79 Å². The quantitative estimate of drug-likeness (QED) is 0.468. The van der Waals surface area contributed by atoms with Crippen LogP contribution in [0, 0.1) is 0 Å². The van der Waals surface area contributed by atoms with Crippen molar-refractivity contribution in [2.45, 2.75) is 13.3 Å². The molecule has 0 saturated heterocycles. The topological polar surface area (TPSA) is 26.3 Å². The van der Waals surface area contributed by atoms with Crippen molar-refractivity contribution in [2.24, 2.45) is 0 Å². The molecule has 0 aromatic heterocycles. The average Bonchev–Trinajstić information content (AvgIpc) is 2.67. The highest BCUT2D eigenvalue weighted by Gasteiger charge is 2.21. The summed E-state index contributed by atoms with van der Waals surface area (Å²) in [7, 11) is 0. The van der Waals surface area contributed by atoms with E-state index in [1.54, 1.807) is 0 Å². The second-order valence-corrected chi connectivity index (χ2v) is 4.22. The van der Waals surface area contributed by atoms with E-state index in [-0.39, 0.29) is 5.97 Å². The molecule has 0 aliphatic heterocycles. The first kappa shape index (κ1) is 10.1. The predicted octanol–water partition coefficient (Wildman–Crippen LogP) is 3.18. The Labute approximate surface area is 99.9 Å². The molecule has 1 aliphatic rings. The first-order chi connectivity index (χ1) is 8.25. The van der Waals surface area contributed by atoms with Gasteiger partial charge >= 0.3 is 5.97 Å². The summed E-state index contributed by atoms with van der Waals surface area (Å²) in [6, 6.07) is 14.1. The van der Waals surface area contributed by atoms with Crippen molar-refractivity contribution in [1.29, 1.82) is 0 Å². The average molecular weight is 224 g/mol. The lowest BCUT2D eigenvalue weighted by atomic mass is 10.1. The minimum Gasteiger partial charge on any atom is -0.426 e. The normalized spacial score (nSPS) is 11.8. The maximum absolute atomic E-state index is 11.1. The molecule has 0 bridgehead atoms. The van der Waals surface area contributed by atoms with Gasteiger partial charge < -0.3 is 4.74 Å². The second-order valence-electron chi connectivity index (χ2n) is 4.22. The minimum atomic E-state index is -0.275. The molecule has 0 radical (unpaired) electrons. The molecule has 2 heteroatoms. The summed E-state index contributed by atoms with van der Waals surface area (Å²) in [5, 5.41) is 0. The summed E-state index contributed by atoms with van der Waals surface area (Å²) in [4.78, 5) is 11.1. The molecule has 3 rings (SSSR count). The van der Waals surface area contributed by atoms with Crippen LogP contribution in [0.5, 0.6) is 5.75 Å². The van der Waals surface area contributed by atoms with E-state index in [0.717, 1.165) is 12.0 Å². The highest BCUT2D eigenvalue weighted by molar-refractivity contribution is 5.84. The zero-order valence-electron chi connectivity index (χ0n) is 9.57. The van der Waals surface area contributed by atoms with Gasteiger partial charge in [-0.25, -0.2) is 0 Å². The van der Waals surface area contributed by atoms with Crippen LogP contribution < -0.4 is 4.74 Å². The van der Waals surface area contributed by atoms with Gasteiger partial charge in [-0.2, -0.15) is 0 Å². The van der Waals surface area contributed by atoms with Crippen LogP contribution in [-0.4, -0.2) is 5.97 Å². The molecule has 0 fully saturated rings. The molecule has 0 N–H and O–H groups in total. The number of benzene rings is 2. The van der Waals surface area contributed by atoms with Gasteiger partial charge in [0, 0.05) is 12.5 Å². The zero-order chi connectivity index (χ0) is 11.8. The van der Waals surface area contributed by atoms with Crippen molar-refractivity contribution in [2.75, 3.05) is 0 Å². The Morgan fingerprint density at radius 1 is 1.06 bits per heavy atom. The van der Waals surface area contributed by atoms with E-state index in [2.05, 4.69) is 18.2 Å². The molecule has 0 heterocycles. The molecule has 2 aromatic carbocycles. The lowest BCUT2D eigenvalue weighted by molar-refractivity contribution is -0.131. The molecule has 0 spiro atoms. The van der Waals surface area contributed by atoms with Crippen LogP contribution in [0.3, 0.4) is 0 Å². The van der Waals surface area contributed by atoms with Crippen molar-refractivity contribution in [3.05, 3.63) is 53.6 Å². The third kappa shape index (κ3) is 1.62. The largest absolute Gasteiger partial charge is 0.426 e. The second kappa shape index (κ2) is 3.74. The number of ether oxygens (including phenoxy) is 1. The van der Waals surface area contributed by atoms with Crippen LogP contribution in [0.1, 0.15) is 18.1 Å². The van der Waals surface area contributed by atoms with Gasteiger partial charge in [0.25, 0.3) is 0 Å². The first-order valence-corrected chi connectivity index (χ1v) is 5.64. The number of fused-ring (bicyclic) bond motifs is 3. The molecule has 0 amide bonds. The summed E-state index contributed by atoms with van der Waals surface area (Å²) < 4.78 is 5.28. The van der Waals surface area contributed by atoms with Crippen LogP contribution >= 0.6 is 0 Å². The summed E-state index contributed by atoms with van der Waals surface area (Å²) in [6.07, 6.45) is 0.917. The monoisotopic (exact) mass is 224 g/mol. The van der Waals surface area contributed by atoms with Crippen LogP contribution in [0.15, 0.2) is 42.5 Å². The molecular weight excluding hydrogens is 212 g/mol. The van der Waals surface area contributed by atoms with Gasteiger partial charge in [0.1, 0.15) is 5.75 Å². The lowest BCUT2D eigenvalue weighted by Crippen LogP contribution is -2.02. The van der Waals surface area contributed by atoms with E-state index in [9.17, 15) is 4.79 Å². The van der Waals surface area contributed by atoms with Crippen molar-refractivity contribution in [3.8, 4) is 16.9 Å². The summed E-state index contributed by atoms with van der Waals surface area (Å²) >= 11 is 0. The fourth-order valence-electron chi connectivity index (χ4n) is 2.39. The molecular formula is C15H12O2.